The van der Waals surface area contributed by atoms with Crippen LogP contribution in [0.15, 0.2) is 0 Å². The lowest BCUT2D eigenvalue weighted by Gasteiger charge is -2.45. The van der Waals surface area contributed by atoms with Crippen LogP contribution in [0.3, 0.4) is 0 Å². The fourth-order valence-corrected chi connectivity index (χ4v) is 4.76. The van der Waals surface area contributed by atoms with Crippen molar-refractivity contribution in [3.05, 3.63) is 0 Å². The number of aliphatic hydroxyl groups excluding tert-OH is 4. The molecule has 0 bridgehead atoms. The predicted molar refractivity (Wildman–Crippen MR) is 79.0 cm³/mol. The zero-order valence-corrected chi connectivity index (χ0v) is 13.9. The fourth-order valence-electron chi connectivity index (χ4n) is 4.76. The van der Waals surface area contributed by atoms with Crippen molar-refractivity contribution in [1.29, 1.82) is 0 Å². The summed E-state index contributed by atoms with van der Waals surface area (Å²) in [5, 5.41) is 39.3. The van der Waals surface area contributed by atoms with Gasteiger partial charge in [0.25, 0.3) is 0 Å². The van der Waals surface area contributed by atoms with Crippen molar-refractivity contribution in [3.63, 3.8) is 0 Å². The third-order valence-electron chi connectivity index (χ3n) is 6.14. The topological polar surface area (TPSA) is 135 Å². The van der Waals surface area contributed by atoms with E-state index in [2.05, 4.69) is 6.92 Å². The number of esters is 1. The number of carbonyl (C=O) groups excluding carboxylic acids is 1. The van der Waals surface area contributed by atoms with Crippen LogP contribution in [0.25, 0.3) is 0 Å². The molecular weight excluding hydrogens is 336 g/mol. The molecule has 4 rings (SSSR count). The highest BCUT2D eigenvalue weighted by Crippen LogP contribution is 2.53. The molecule has 3 heterocycles. The molecule has 1 saturated carbocycles. The molecule has 142 valence electrons. The van der Waals surface area contributed by atoms with Gasteiger partial charge in [0.1, 0.15) is 30.5 Å². The van der Waals surface area contributed by atoms with Gasteiger partial charge in [-0.05, 0) is 18.3 Å². The van der Waals surface area contributed by atoms with E-state index in [-0.39, 0.29) is 24.5 Å². The maximum atomic E-state index is 12.6. The normalized spacial score (nSPS) is 55.1. The predicted octanol–water partition coefficient (Wildman–Crippen LogP) is -2.23. The molecule has 1 aliphatic carbocycles. The van der Waals surface area contributed by atoms with E-state index in [1.54, 1.807) is 0 Å². The van der Waals surface area contributed by atoms with Gasteiger partial charge < -0.3 is 39.4 Å². The molecule has 3 aliphatic heterocycles. The van der Waals surface area contributed by atoms with Crippen molar-refractivity contribution < 1.29 is 44.2 Å². The molecule has 0 radical (unpaired) electrons. The SMILES string of the molecule is CC1CC2OC(=O)C3(OC4OC(CO)C(O)C(O)C4O)COCC1C23. The number of ether oxygens (including phenoxy) is 4. The molecule has 25 heavy (non-hydrogen) atoms. The molecule has 0 aromatic heterocycles. The smallest absolute Gasteiger partial charge is 0.341 e. The second-order valence-corrected chi connectivity index (χ2v) is 7.57. The highest BCUT2D eigenvalue weighted by Gasteiger charge is 2.68. The molecular formula is C16H24O9. The summed E-state index contributed by atoms with van der Waals surface area (Å²) in [6.07, 6.45) is -6.65. The van der Waals surface area contributed by atoms with Gasteiger partial charge >= 0.3 is 5.97 Å². The van der Waals surface area contributed by atoms with Crippen molar-refractivity contribution >= 4 is 5.97 Å². The third kappa shape index (κ3) is 2.45. The van der Waals surface area contributed by atoms with Gasteiger partial charge in [-0.3, -0.25) is 0 Å². The van der Waals surface area contributed by atoms with Crippen LogP contribution in [-0.2, 0) is 23.7 Å². The van der Waals surface area contributed by atoms with Gasteiger partial charge in [0.05, 0.1) is 19.8 Å². The van der Waals surface area contributed by atoms with Gasteiger partial charge in [0.15, 0.2) is 11.9 Å². The first kappa shape index (κ1) is 17.6. The first-order valence-corrected chi connectivity index (χ1v) is 8.66. The summed E-state index contributed by atoms with van der Waals surface area (Å²) in [5.74, 6) is -0.372. The summed E-state index contributed by atoms with van der Waals surface area (Å²) in [6.45, 7) is 2.00. The van der Waals surface area contributed by atoms with Gasteiger partial charge in [0.2, 0.25) is 0 Å². The maximum Gasteiger partial charge on any atom is 0.341 e. The molecule has 0 spiro atoms. The molecule has 10 unspecified atom stereocenters. The second kappa shape index (κ2) is 6.12. The van der Waals surface area contributed by atoms with Gasteiger partial charge in [-0.2, -0.15) is 0 Å². The largest absolute Gasteiger partial charge is 0.460 e. The maximum absolute atomic E-state index is 12.6. The highest BCUT2D eigenvalue weighted by molar-refractivity contribution is 5.83. The zero-order valence-electron chi connectivity index (χ0n) is 13.9. The van der Waals surface area contributed by atoms with E-state index in [0.717, 1.165) is 6.42 Å². The van der Waals surface area contributed by atoms with Crippen LogP contribution in [-0.4, -0.2) is 88.6 Å². The molecule has 0 amide bonds. The van der Waals surface area contributed by atoms with E-state index in [1.165, 1.54) is 0 Å². The van der Waals surface area contributed by atoms with Crippen molar-refractivity contribution in [3.8, 4) is 0 Å². The van der Waals surface area contributed by atoms with Gasteiger partial charge in [-0.15, -0.1) is 0 Å². The zero-order chi connectivity index (χ0) is 17.9. The number of rotatable bonds is 3. The Balaban J connectivity index is 1.61. The average Bonchev–Trinajstić information content (AvgIpc) is 3.06. The third-order valence-corrected chi connectivity index (χ3v) is 6.14. The van der Waals surface area contributed by atoms with Crippen molar-refractivity contribution in [2.45, 2.75) is 55.8 Å². The minimum Gasteiger partial charge on any atom is -0.460 e. The Labute approximate surface area is 144 Å². The summed E-state index contributed by atoms with van der Waals surface area (Å²) in [7, 11) is 0. The Hall–Kier alpha value is -0.810. The Morgan fingerprint density at radius 2 is 2.00 bits per heavy atom. The molecule has 0 aromatic carbocycles. The Morgan fingerprint density at radius 1 is 1.24 bits per heavy atom. The second-order valence-electron chi connectivity index (χ2n) is 7.57. The van der Waals surface area contributed by atoms with E-state index in [0.29, 0.717) is 12.5 Å². The summed E-state index contributed by atoms with van der Waals surface area (Å²) >= 11 is 0. The summed E-state index contributed by atoms with van der Waals surface area (Å²) in [4.78, 5) is 12.6. The lowest BCUT2D eigenvalue weighted by molar-refractivity contribution is -0.336. The first-order chi connectivity index (χ1) is 11.9. The lowest BCUT2D eigenvalue weighted by Crippen LogP contribution is -2.64. The summed E-state index contributed by atoms with van der Waals surface area (Å²) in [6, 6.07) is 0. The van der Waals surface area contributed by atoms with Crippen molar-refractivity contribution in [2.24, 2.45) is 17.8 Å². The molecule has 9 heteroatoms. The van der Waals surface area contributed by atoms with Crippen LogP contribution < -0.4 is 0 Å². The monoisotopic (exact) mass is 360 g/mol. The van der Waals surface area contributed by atoms with Gasteiger partial charge in [-0.25, -0.2) is 4.79 Å². The summed E-state index contributed by atoms with van der Waals surface area (Å²) in [5.41, 5.74) is -1.41. The van der Waals surface area contributed by atoms with Crippen LogP contribution in [0.4, 0.5) is 0 Å². The van der Waals surface area contributed by atoms with E-state index >= 15 is 0 Å². The highest BCUT2D eigenvalue weighted by atomic mass is 16.7. The van der Waals surface area contributed by atoms with Crippen LogP contribution in [0.1, 0.15) is 13.3 Å². The van der Waals surface area contributed by atoms with E-state index < -0.39 is 48.9 Å². The lowest BCUT2D eigenvalue weighted by atomic mass is 9.77. The van der Waals surface area contributed by atoms with Crippen LogP contribution in [0, 0.1) is 17.8 Å². The van der Waals surface area contributed by atoms with Crippen LogP contribution >= 0.6 is 0 Å². The molecule has 4 fully saturated rings. The van der Waals surface area contributed by atoms with Crippen LogP contribution in [0.2, 0.25) is 0 Å². The molecule has 0 aromatic rings. The standard InChI is InChI=1S/C16H24O9/c1-6-2-8-10-7(6)4-22-5-16(10,15(21)24-8)25-14-13(20)12(19)11(18)9(3-17)23-14/h6-14,17-20H,2-5H2,1H3. The molecule has 3 saturated heterocycles. The fraction of sp³-hybridized carbons (Fsp3) is 0.938. The number of hydrogen-bond acceptors (Lipinski definition) is 9. The summed E-state index contributed by atoms with van der Waals surface area (Å²) < 4.78 is 22.4. The molecule has 4 N–H and O–H groups in total. The van der Waals surface area contributed by atoms with Crippen molar-refractivity contribution in [1.82, 2.24) is 0 Å². The molecule has 4 aliphatic rings. The molecule has 9 nitrogen and oxygen atoms in total. The number of hydrogen-bond donors (Lipinski definition) is 4. The Kier molecular flexibility index (Phi) is 4.31. The van der Waals surface area contributed by atoms with Gasteiger partial charge in [-0.1, -0.05) is 6.92 Å². The van der Waals surface area contributed by atoms with Gasteiger partial charge in [0, 0.05) is 5.92 Å². The van der Waals surface area contributed by atoms with E-state index in [9.17, 15) is 25.2 Å². The van der Waals surface area contributed by atoms with E-state index in [1.807, 2.05) is 0 Å². The number of aliphatic hydroxyl groups is 4. The minimum absolute atomic E-state index is 0.0226. The molecule has 10 atom stereocenters. The van der Waals surface area contributed by atoms with Crippen LogP contribution in [0.5, 0.6) is 0 Å². The van der Waals surface area contributed by atoms with E-state index in [4.69, 9.17) is 18.9 Å². The Bertz CT molecular complexity index is 540. The first-order valence-electron chi connectivity index (χ1n) is 8.66. The van der Waals surface area contributed by atoms with Crippen molar-refractivity contribution in [2.75, 3.05) is 19.8 Å². The number of carbonyl (C=O) groups is 1. The average molecular weight is 360 g/mol. The minimum atomic E-state index is -1.57. The Morgan fingerprint density at radius 3 is 2.72 bits per heavy atom. The quantitative estimate of drug-likeness (QED) is 0.412.